The van der Waals surface area contributed by atoms with E-state index in [4.69, 9.17) is 0 Å². The van der Waals surface area contributed by atoms with Gasteiger partial charge in [-0.2, -0.15) is 5.10 Å². The number of phenolic OH excluding ortho intramolecular Hbond substituents is 1. The Kier molecular flexibility index (Phi) is 5.26. The maximum Gasteiger partial charge on any atom is 0.320 e. The molecule has 2 heterocycles. The monoisotopic (exact) mass is 337 g/mol. The molecule has 0 radical (unpaired) electrons. The summed E-state index contributed by atoms with van der Waals surface area (Å²) in [4.78, 5) is 15.9. The molecule has 3 rings (SSSR count). The maximum atomic E-state index is 11.9. The predicted octanol–water partition coefficient (Wildman–Crippen LogP) is 2.40. The number of amides is 2. The Bertz CT molecular complexity index is 832. The van der Waals surface area contributed by atoms with Gasteiger partial charge < -0.3 is 10.4 Å². The number of hydrogen-bond donors (Lipinski definition) is 3. The van der Waals surface area contributed by atoms with Crippen LogP contribution < -0.4 is 10.6 Å². The first-order valence-electron chi connectivity index (χ1n) is 7.94. The van der Waals surface area contributed by atoms with Crippen molar-refractivity contribution in [3.63, 3.8) is 0 Å². The highest BCUT2D eigenvalue weighted by molar-refractivity contribution is 5.88. The fourth-order valence-corrected chi connectivity index (χ4v) is 2.38. The number of benzene rings is 1. The fraction of sp³-hybridized carbons (Fsp3) is 0.167. The molecule has 0 aliphatic rings. The van der Waals surface area contributed by atoms with E-state index in [1.807, 2.05) is 24.4 Å². The summed E-state index contributed by atoms with van der Waals surface area (Å²) in [5, 5.41) is 19.2. The molecule has 0 aliphatic heterocycles. The van der Waals surface area contributed by atoms with Crippen LogP contribution in [0.4, 0.5) is 10.6 Å². The van der Waals surface area contributed by atoms with E-state index in [1.54, 1.807) is 41.3 Å². The minimum Gasteiger partial charge on any atom is -0.508 e. The molecular weight excluding hydrogens is 318 g/mol. The minimum absolute atomic E-state index is 0.224. The molecule has 0 fully saturated rings. The number of phenols is 1. The lowest BCUT2D eigenvalue weighted by atomic mass is 10.1. The Morgan fingerprint density at radius 2 is 1.96 bits per heavy atom. The van der Waals surface area contributed by atoms with E-state index in [-0.39, 0.29) is 11.8 Å². The van der Waals surface area contributed by atoms with Gasteiger partial charge in [0, 0.05) is 31.2 Å². The number of nitrogens with one attached hydrogen (secondary N) is 2. The van der Waals surface area contributed by atoms with Gasteiger partial charge in [-0.25, -0.2) is 4.79 Å². The molecule has 7 nitrogen and oxygen atoms in total. The van der Waals surface area contributed by atoms with Gasteiger partial charge in [0.2, 0.25) is 0 Å². The van der Waals surface area contributed by atoms with Gasteiger partial charge >= 0.3 is 6.03 Å². The molecule has 0 saturated carbocycles. The van der Waals surface area contributed by atoms with Crippen molar-refractivity contribution in [1.82, 2.24) is 20.1 Å². The number of aromatic nitrogens is 3. The first kappa shape index (κ1) is 16.5. The van der Waals surface area contributed by atoms with Gasteiger partial charge in [-0.1, -0.05) is 12.1 Å². The van der Waals surface area contributed by atoms with Gasteiger partial charge in [0.05, 0.1) is 6.54 Å². The van der Waals surface area contributed by atoms with Crippen molar-refractivity contribution in [3.8, 4) is 5.75 Å². The van der Waals surface area contributed by atoms with Crippen molar-refractivity contribution >= 4 is 11.8 Å². The second kappa shape index (κ2) is 7.96. The van der Waals surface area contributed by atoms with E-state index in [0.717, 1.165) is 11.1 Å². The highest BCUT2D eigenvalue weighted by Gasteiger charge is 2.05. The molecule has 0 atom stereocenters. The van der Waals surface area contributed by atoms with Crippen molar-refractivity contribution in [2.45, 2.75) is 13.0 Å². The highest BCUT2D eigenvalue weighted by Crippen LogP contribution is 2.11. The zero-order chi connectivity index (χ0) is 17.5. The van der Waals surface area contributed by atoms with Crippen LogP contribution in [-0.2, 0) is 13.0 Å². The van der Waals surface area contributed by atoms with Gasteiger partial charge in [0.25, 0.3) is 0 Å². The fourth-order valence-electron chi connectivity index (χ4n) is 2.38. The standard InChI is InChI=1S/C18H19N5O2/c24-16-3-1-2-14(12-16)6-10-20-18(25)21-17-7-11-23(22-17)13-15-4-8-19-9-5-15/h1-5,7-9,11-12,24H,6,10,13H2,(H2,20,21,22,25). The summed E-state index contributed by atoms with van der Waals surface area (Å²) >= 11 is 0. The molecule has 0 saturated heterocycles. The van der Waals surface area contributed by atoms with Crippen LogP contribution in [0, 0.1) is 0 Å². The molecule has 3 aromatic rings. The van der Waals surface area contributed by atoms with Crippen molar-refractivity contribution in [1.29, 1.82) is 0 Å². The normalized spacial score (nSPS) is 10.4. The number of rotatable bonds is 6. The van der Waals surface area contributed by atoms with Crippen LogP contribution in [0.3, 0.4) is 0 Å². The van der Waals surface area contributed by atoms with E-state index in [2.05, 4.69) is 20.7 Å². The predicted molar refractivity (Wildman–Crippen MR) is 94.4 cm³/mol. The average Bonchev–Trinajstić information content (AvgIpc) is 3.02. The third-order valence-corrected chi connectivity index (χ3v) is 3.59. The molecule has 3 N–H and O–H groups in total. The number of pyridine rings is 1. The van der Waals surface area contributed by atoms with E-state index in [0.29, 0.717) is 25.3 Å². The number of carbonyl (C=O) groups is 1. The number of anilines is 1. The Hall–Kier alpha value is -3.35. The van der Waals surface area contributed by atoms with Gasteiger partial charge in [-0.3, -0.25) is 15.0 Å². The molecule has 1 aromatic carbocycles. The van der Waals surface area contributed by atoms with Crippen LogP contribution >= 0.6 is 0 Å². The number of urea groups is 1. The highest BCUT2D eigenvalue weighted by atomic mass is 16.3. The van der Waals surface area contributed by atoms with Gasteiger partial charge in [0.15, 0.2) is 5.82 Å². The summed E-state index contributed by atoms with van der Waals surface area (Å²) in [5.74, 6) is 0.714. The molecule has 0 unspecified atom stereocenters. The first-order valence-corrected chi connectivity index (χ1v) is 7.94. The van der Waals surface area contributed by atoms with Crippen LogP contribution in [0.2, 0.25) is 0 Å². The summed E-state index contributed by atoms with van der Waals surface area (Å²) in [5.41, 5.74) is 2.04. The Labute approximate surface area is 145 Å². The topological polar surface area (TPSA) is 92.1 Å². The number of aromatic hydroxyl groups is 1. The van der Waals surface area contributed by atoms with Crippen molar-refractivity contribution in [3.05, 3.63) is 72.2 Å². The number of nitrogens with zero attached hydrogens (tertiary/aromatic N) is 3. The average molecular weight is 337 g/mol. The van der Waals surface area contributed by atoms with E-state index < -0.39 is 0 Å². The lowest BCUT2D eigenvalue weighted by Crippen LogP contribution is -2.30. The molecule has 7 heteroatoms. The van der Waals surface area contributed by atoms with Crippen LogP contribution in [0.5, 0.6) is 5.75 Å². The van der Waals surface area contributed by atoms with E-state index in [9.17, 15) is 9.90 Å². The van der Waals surface area contributed by atoms with Crippen LogP contribution in [0.25, 0.3) is 0 Å². The van der Waals surface area contributed by atoms with Crippen molar-refractivity contribution in [2.24, 2.45) is 0 Å². The summed E-state index contributed by atoms with van der Waals surface area (Å²) in [6, 6.07) is 12.3. The summed E-state index contributed by atoms with van der Waals surface area (Å²) in [6.45, 7) is 1.08. The maximum absolute atomic E-state index is 11.9. The first-order chi connectivity index (χ1) is 12.2. The van der Waals surface area contributed by atoms with Gasteiger partial charge in [-0.05, 0) is 41.8 Å². The molecule has 128 valence electrons. The van der Waals surface area contributed by atoms with Crippen LogP contribution in [0.15, 0.2) is 61.1 Å². The molecular formula is C18H19N5O2. The molecule has 0 bridgehead atoms. The third-order valence-electron chi connectivity index (χ3n) is 3.59. The van der Waals surface area contributed by atoms with Gasteiger partial charge in [-0.15, -0.1) is 0 Å². The Morgan fingerprint density at radius 1 is 1.12 bits per heavy atom. The summed E-state index contributed by atoms with van der Waals surface area (Å²) < 4.78 is 1.75. The van der Waals surface area contributed by atoms with Gasteiger partial charge in [0.1, 0.15) is 5.75 Å². The lowest BCUT2D eigenvalue weighted by molar-refractivity contribution is 0.252. The molecule has 2 amide bonds. The summed E-state index contributed by atoms with van der Waals surface area (Å²) in [6.07, 6.45) is 5.91. The Morgan fingerprint density at radius 3 is 2.76 bits per heavy atom. The van der Waals surface area contributed by atoms with Crippen molar-refractivity contribution < 1.29 is 9.90 Å². The summed E-state index contributed by atoms with van der Waals surface area (Å²) in [7, 11) is 0. The van der Waals surface area contributed by atoms with Crippen LogP contribution in [0.1, 0.15) is 11.1 Å². The third kappa shape index (κ3) is 5.07. The quantitative estimate of drug-likeness (QED) is 0.644. The zero-order valence-electron chi connectivity index (χ0n) is 13.6. The van der Waals surface area contributed by atoms with Crippen molar-refractivity contribution in [2.75, 3.05) is 11.9 Å². The Balaban J connectivity index is 1.45. The largest absolute Gasteiger partial charge is 0.508 e. The SMILES string of the molecule is O=C(NCCc1cccc(O)c1)Nc1ccn(Cc2ccncc2)n1. The lowest BCUT2D eigenvalue weighted by Gasteiger charge is -2.06. The smallest absolute Gasteiger partial charge is 0.320 e. The molecule has 0 spiro atoms. The molecule has 25 heavy (non-hydrogen) atoms. The van der Waals surface area contributed by atoms with Crippen LogP contribution in [-0.4, -0.2) is 32.4 Å². The molecule has 2 aromatic heterocycles. The second-order valence-electron chi connectivity index (χ2n) is 5.55. The number of hydrogen-bond acceptors (Lipinski definition) is 4. The minimum atomic E-state index is -0.311. The van der Waals surface area contributed by atoms with E-state index in [1.165, 1.54) is 0 Å². The number of carbonyl (C=O) groups excluding carboxylic acids is 1. The molecule has 0 aliphatic carbocycles. The van der Waals surface area contributed by atoms with E-state index >= 15 is 0 Å². The second-order valence-corrected chi connectivity index (χ2v) is 5.55. The zero-order valence-corrected chi connectivity index (χ0v) is 13.6.